The number of halogens is 3. The second-order valence-corrected chi connectivity index (χ2v) is 9.41. The first-order valence-electron chi connectivity index (χ1n) is 12.1. The number of amidine groups is 1. The Balaban J connectivity index is 0.00000178. The van der Waals surface area contributed by atoms with Crippen LogP contribution in [0.4, 0.5) is 17.1 Å². The molecule has 0 saturated carbocycles. The minimum Gasteiger partial charge on any atom is -0.481 e. The number of hydrogen-bond donors (Lipinski definition) is 4. The predicted molar refractivity (Wildman–Crippen MR) is 164 cm³/mol. The van der Waals surface area contributed by atoms with Gasteiger partial charge in [-0.15, -0.1) is 37.2 Å². The number of ether oxygens (including phenoxy) is 2. The van der Waals surface area contributed by atoms with E-state index in [1.807, 2.05) is 49.4 Å². The number of nitrogens with one attached hydrogen (secondary N) is 2. The molecule has 210 valence electrons. The summed E-state index contributed by atoms with van der Waals surface area (Å²) in [5.41, 5.74) is 18.1. The van der Waals surface area contributed by atoms with Gasteiger partial charge >= 0.3 is 0 Å². The number of amides is 1. The molecule has 2 heterocycles. The summed E-state index contributed by atoms with van der Waals surface area (Å²) in [6.45, 7) is 5.71. The molecule has 39 heavy (non-hydrogen) atoms. The Morgan fingerprint density at radius 1 is 0.949 bits per heavy atom. The standard InChI is InChI=1S/C28H31N5O3.3ClH/c1-15(31-21-8-10-26-24(14-21)33-28(34)17(3)36-26)19-6-4-5-18(11-19)12-22(29)20-7-9-25-23(13-20)32-27(30)16(2)35-25;;;/h4-11,13-17,22,31H,12,29H2,1-3H3,(H2,30,32)(H,33,34);3*1H. The van der Waals surface area contributed by atoms with Crippen LogP contribution in [0, 0.1) is 0 Å². The van der Waals surface area contributed by atoms with Crippen molar-refractivity contribution in [3.05, 3.63) is 77.4 Å². The maximum absolute atomic E-state index is 12.0. The van der Waals surface area contributed by atoms with Crippen molar-refractivity contribution in [2.24, 2.45) is 16.5 Å². The molecule has 0 spiro atoms. The molecule has 0 radical (unpaired) electrons. The van der Waals surface area contributed by atoms with Gasteiger partial charge in [0, 0.05) is 17.8 Å². The van der Waals surface area contributed by atoms with Crippen molar-refractivity contribution < 1.29 is 14.3 Å². The minimum absolute atomic E-state index is 0. The van der Waals surface area contributed by atoms with Crippen molar-refractivity contribution >= 4 is 66.0 Å². The Bertz CT molecular complexity index is 1350. The van der Waals surface area contributed by atoms with Crippen LogP contribution in [0.15, 0.2) is 65.7 Å². The normalized spacial score (nSPS) is 18.5. The zero-order valence-corrected chi connectivity index (χ0v) is 24.3. The summed E-state index contributed by atoms with van der Waals surface area (Å²) in [6.07, 6.45) is -0.0445. The van der Waals surface area contributed by atoms with Crippen LogP contribution in [-0.4, -0.2) is 24.0 Å². The fraction of sp³-hybridized carbons (Fsp3) is 0.286. The molecule has 0 saturated heterocycles. The average molecular weight is 595 g/mol. The lowest BCUT2D eigenvalue weighted by Gasteiger charge is -2.24. The summed E-state index contributed by atoms with van der Waals surface area (Å²) >= 11 is 0. The van der Waals surface area contributed by atoms with Crippen LogP contribution in [0.2, 0.25) is 0 Å². The number of hydrogen-bond acceptors (Lipinski definition) is 7. The largest absolute Gasteiger partial charge is 0.481 e. The van der Waals surface area contributed by atoms with E-state index >= 15 is 0 Å². The topological polar surface area (TPSA) is 124 Å². The molecular formula is C28H34Cl3N5O3. The van der Waals surface area contributed by atoms with E-state index in [1.54, 1.807) is 6.92 Å². The third-order valence-electron chi connectivity index (χ3n) is 6.58. The fourth-order valence-corrected chi connectivity index (χ4v) is 4.43. The molecule has 0 bridgehead atoms. The monoisotopic (exact) mass is 593 g/mol. The molecule has 3 aromatic carbocycles. The van der Waals surface area contributed by atoms with E-state index in [-0.39, 0.29) is 61.3 Å². The van der Waals surface area contributed by atoms with Crippen molar-refractivity contribution in [3.8, 4) is 11.5 Å². The summed E-state index contributed by atoms with van der Waals surface area (Å²) in [4.78, 5) is 16.4. The first-order chi connectivity index (χ1) is 17.3. The van der Waals surface area contributed by atoms with E-state index in [1.165, 1.54) is 0 Å². The van der Waals surface area contributed by atoms with Gasteiger partial charge < -0.3 is 31.6 Å². The predicted octanol–water partition coefficient (Wildman–Crippen LogP) is 5.86. The van der Waals surface area contributed by atoms with Crippen LogP contribution in [-0.2, 0) is 11.2 Å². The fourth-order valence-electron chi connectivity index (χ4n) is 4.43. The number of carbonyl (C=O) groups excluding carboxylic acids is 1. The zero-order chi connectivity index (χ0) is 25.4. The summed E-state index contributed by atoms with van der Waals surface area (Å²) in [7, 11) is 0. The van der Waals surface area contributed by atoms with Crippen molar-refractivity contribution in [2.45, 2.75) is 51.5 Å². The van der Waals surface area contributed by atoms with E-state index in [0.29, 0.717) is 29.4 Å². The number of nitrogens with zero attached hydrogens (tertiary/aromatic N) is 1. The first-order valence-corrected chi connectivity index (χ1v) is 12.1. The summed E-state index contributed by atoms with van der Waals surface area (Å²) in [5, 5.41) is 6.40. The van der Waals surface area contributed by atoms with Crippen molar-refractivity contribution in [1.82, 2.24) is 0 Å². The highest BCUT2D eigenvalue weighted by molar-refractivity contribution is 5.98. The molecule has 1 amide bonds. The van der Waals surface area contributed by atoms with Crippen LogP contribution in [0.5, 0.6) is 11.5 Å². The van der Waals surface area contributed by atoms with Gasteiger partial charge in [-0.1, -0.05) is 30.3 Å². The number of carbonyl (C=O) groups is 1. The molecule has 5 rings (SSSR count). The summed E-state index contributed by atoms with van der Waals surface area (Å²) < 4.78 is 11.4. The minimum atomic E-state index is -0.492. The highest BCUT2D eigenvalue weighted by atomic mass is 35.5. The lowest BCUT2D eigenvalue weighted by atomic mass is 9.96. The van der Waals surface area contributed by atoms with E-state index in [0.717, 1.165) is 28.1 Å². The number of fused-ring (bicyclic) bond motifs is 2. The van der Waals surface area contributed by atoms with Gasteiger partial charge in [-0.25, -0.2) is 4.99 Å². The van der Waals surface area contributed by atoms with Crippen LogP contribution < -0.4 is 31.6 Å². The zero-order valence-electron chi connectivity index (χ0n) is 21.8. The Hall–Kier alpha value is -3.17. The quantitative estimate of drug-likeness (QED) is 0.284. The number of anilines is 2. The van der Waals surface area contributed by atoms with Gasteiger partial charge in [0.15, 0.2) is 12.2 Å². The highest BCUT2D eigenvalue weighted by Gasteiger charge is 2.24. The van der Waals surface area contributed by atoms with Crippen molar-refractivity contribution in [3.63, 3.8) is 0 Å². The Labute approximate surface area is 247 Å². The van der Waals surface area contributed by atoms with Crippen molar-refractivity contribution in [2.75, 3.05) is 10.6 Å². The first kappa shape index (κ1) is 32.0. The second kappa shape index (κ2) is 13.3. The molecule has 2 aliphatic rings. The Kier molecular flexibility index (Phi) is 10.9. The molecule has 3 aromatic rings. The number of aliphatic imine (C=N–C) groups is 1. The molecule has 0 aromatic heterocycles. The molecule has 11 heteroatoms. The Morgan fingerprint density at radius 3 is 2.44 bits per heavy atom. The third-order valence-corrected chi connectivity index (χ3v) is 6.58. The highest BCUT2D eigenvalue weighted by Crippen LogP contribution is 2.35. The maximum Gasteiger partial charge on any atom is 0.265 e. The average Bonchev–Trinajstić information content (AvgIpc) is 2.85. The molecule has 4 unspecified atom stereocenters. The lowest BCUT2D eigenvalue weighted by Crippen LogP contribution is -2.34. The van der Waals surface area contributed by atoms with Crippen LogP contribution in [0.1, 0.15) is 49.5 Å². The number of rotatable bonds is 6. The van der Waals surface area contributed by atoms with Gasteiger partial charge in [0.05, 0.1) is 5.69 Å². The summed E-state index contributed by atoms with van der Waals surface area (Å²) in [5.74, 6) is 1.71. The van der Waals surface area contributed by atoms with E-state index in [4.69, 9.17) is 20.9 Å². The van der Waals surface area contributed by atoms with Crippen molar-refractivity contribution in [1.29, 1.82) is 0 Å². The van der Waals surface area contributed by atoms with Gasteiger partial charge in [-0.3, -0.25) is 4.79 Å². The van der Waals surface area contributed by atoms with Gasteiger partial charge in [0.25, 0.3) is 5.91 Å². The van der Waals surface area contributed by atoms with Gasteiger partial charge in [-0.05, 0) is 74.2 Å². The smallest absolute Gasteiger partial charge is 0.265 e. The lowest BCUT2D eigenvalue weighted by molar-refractivity contribution is -0.122. The Morgan fingerprint density at radius 2 is 1.67 bits per heavy atom. The molecule has 2 aliphatic heterocycles. The number of nitrogens with two attached hydrogens (primary N) is 2. The molecule has 0 fully saturated rings. The second-order valence-electron chi connectivity index (χ2n) is 9.41. The molecule has 8 nitrogen and oxygen atoms in total. The van der Waals surface area contributed by atoms with E-state index in [2.05, 4.69) is 40.7 Å². The summed E-state index contributed by atoms with van der Waals surface area (Å²) in [6, 6.07) is 19.8. The van der Waals surface area contributed by atoms with E-state index in [9.17, 15) is 4.79 Å². The van der Waals surface area contributed by atoms with Crippen LogP contribution >= 0.6 is 37.2 Å². The van der Waals surface area contributed by atoms with Gasteiger partial charge in [-0.2, -0.15) is 0 Å². The molecule has 4 atom stereocenters. The van der Waals surface area contributed by atoms with Crippen LogP contribution in [0.3, 0.4) is 0 Å². The maximum atomic E-state index is 12.0. The van der Waals surface area contributed by atoms with Gasteiger partial charge in [0.2, 0.25) is 0 Å². The number of benzene rings is 3. The molecular weight excluding hydrogens is 561 g/mol. The molecule has 6 N–H and O–H groups in total. The SMILES string of the molecule is CC1Oc2ccc(NC(C)c3cccc(CC(N)c4ccc5c(c4)N=C(N)C(C)O5)c3)cc2NC1=O.Cl.Cl.Cl. The van der Waals surface area contributed by atoms with Crippen LogP contribution in [0.25, 0.3) is 0 Å². The van der Waals surface area contributed by atoms with E-state index < -0.39 is 6.10 Å². The molecule has 0 aliphatic carbocycles. The third kappa shape index (κ3) is 7.08. The van der Waals surface area contributed by atoms with Gasteiger partial charge in [0.1, 0.15) is 23.0 Å².